The molecule has 1 saturated heterocycles. The summed E-state index contributed by atoms with van der Waals surface area (Å²) >= 11 is 6.17. The number of aromatic nitrogens is 2. The second kappa shape index (κ2) is 10.3. The third-order valence-electron chi connectivity index (χ3n) is 7.09. The van der Waals surface area contributed by atoms with E-state index in [9.17, 15) is 9.59 Å². The van der Waals surface area contributed by atoms with Crippen LogP contribution in [-0.4, -0.2) is 33.7 Å². The SMILES string of the molecule is O=C(c1ccc(Nc2c(Oc3ccc4c(c3)CCC4)cnn(-c3cccc(Cl)c3)c2=O)cc1)N1CCCC1. The first-order valence-electron chi connectivity index (χ1n) is 12.9. The Morgan fingerprint density at radius 2 is 1.71 bits per heavy atom. The normalized spacial score (nSPS) is 14.4. The van der Waals surface area contributed by atoms with Crippen molar-refractivity contribution in [2.75, 3.05) is 18.4 Å². The minimum atomic E-state index is -0.386. The van der Waals surface area contributed by atoms with E-state index in [0.717, 1.165) is 45.2 Å². The molecule has 0 saturated carbocycles. The average Bonchev–Trinajstić information content (AvgIpc) is 3.63. The molecular formula is C30H27ClN4O3. The zero-order valence-corrected chi connectivity index (χ0v) is 21.6. The largest absolute Gasteiger partial charge is 0.453 e. The molecule has 0 bridgehead atoms. The molecule has 7 nitrogen and oxygen atoms in total. The minimum Gasteiger partial charge on any atom is -0.453 e. The summed E-state index contributed by atoms with van der Waals surface area (Å²) < 4.78 is 7.49. The predicted molar refractivity (Wildman–Crippen MR) is 148 cm³/mol. The van der Waals surface area contributed by atoms with Crippen molar-refractivity contribution in [1.82, 2.24) is 14.7 Å². The summed E-state index contributed by atoms with van der Waals surface area (Å²) in [7, 11) is 0. The van der Waals surface area contributed by atoms with E-state index in [1.807, 2.05) is 17.0 Å². The third-order valence-corrected chi connectivity index (χ3v) is 7.32. The van der Waals surface area contributed by atoms with Crippen molar-refractivity contribution in [2.24, 2.45) is 0 Å². The van der Waals surface area contributed by atoms with Gasteiger partial charge >= 0.3 is 0 Å². The van der Waals surface area contributed by atoms with Crippen molar-refractivity contribution < 1.29 is 9.53 Å². The number of nitrogens with one attached hydrogen (secondary N) is 1. The number of fused-ring (bicyclic) bond motifs is 1. The van der Waals surface area contributed by atoms with Crippen molar-refractivity contribution in [3.63, 3.8) is 0 Å². The van der Waals surface area contributed by atoms with Crippen LogP contribution in [-0.2, 0) is 12.8 Å². The number of hydrogen-bond acceptors (Lipinski definition) is 5. The Morgan fingerprint density at radius 3 is 2.50 bits per heavy atom. The van der Waals surface area contributed by atoms with Gasteiger partial charge in [0.15, 0.2) is 11.4 Å². The Kier molecular flexibility index (Phi) is 6.60. The molecule has 3 aromatic carbocycles. The fraction of sp³-hybridized carbons (Fsp3) is 0.233. The molecule has 6 rings (SSSR count). The number of likely N-dealkylation sites (tertiary alicyclic amines) is 1. The van der Waals surface area contributed by atoms with Gasteiger partial charge in [0, 0.05) is 29.4 Å². The van der Waals surface area contributed by atoms with E-state index in [-0.39, 0.29) is 17.2 Å². The topological polar surface area (TPSA) is 76.5 Å². The lowest BCUT2D eigenvalue weighted by Gasteiger charge is -2.17. The van der Waals surface area contributed by atoms with Gasteiger partial charge < -0.3 is 15.0 Å². The van der Waals surface area contributed by atoms with Gasteiger partial charge in [-0.2, -0.15) is 9.78 Å². The van der Waals surface area contributed by atoms with Crippen LogP contribution in [0.1, 0.15) is 40.7 Å². The van der Waals surface area contributed by atoms with Gasteiger partial charge in [-0.25, -0.2) is 0 Å². The highest BCUT2D eigenvalue weighted by molar-refractivity contribution is 6.30. The highest BCUT2D eigenvalue weighted by atomic mass is 35.5. The van der Waals surface area contributed by atoms with Crippen LogP contribution < -0.4 is 15.6 Å². The van der Waals surface area contributed by atoms with Gasteiger partial charge in [0.1, 0.15) is 5.75 Å². The molecule has 0 unspecified atom stereocenters. The van der Waals surface area contributed by atoms with E-state index in [1.165, 1.54) is 22.0 Å². The quantitative estimate of drug-likeness (QED) is 0.326. The first kappa shape index (κ1) is 24.2. The van der Waals surface area contributed by atoms with Gasteiger partial charge in [-0.3, -0.25) is 9.59 Å². The molecule has 1 aliphatic carbocycles. The molecule has 0 spiro atoms. The Bertz CT molecular complexity index is 1560. The Balaban J connectivity index is 1.34. The van der Waals surface area contributed by atoms with Crippen molar-refractivity contribution in [3.8, 4) is 17.2 Å². The molecule has 8 heteroatoms. The van der Waals surface area contributed by atoms with Crippen LogP contribution in [0.3, 0.4) is 0 Å². The fourth-order valence-corrected chi connectivity index (χ4v) is 5.29. The minimum absolute atomic E-state index is 0.0295. The van der Waals surface area contributed by atoms with Crippen LogP contribution in [0.4, 0.5) is 11.4 Å². The lowest BCUT2D eigenvalue weighted by Crippen LogP contribution is -2.27. The Morgan fingerprint density at radius 1 is 0.921 bits per heavy atom. The maximum Gasteiger partial charge on any atom is 0.299 e. The molecule has 1 amide bonds. The van der Waals surface area contributed by atoms with E-state index in [4.69, 9.17) is 16.3 Å². The smallest absolute Gasteiger partial charge is 0.299 e. The molecule has 1 aliphatic heterocycles. The van der Waals surface area contributed by atoms with Crippen molar-refractivity contribution in [1.29, 1.82) is 0 Å². The van der Waals surface area contributed by atoms with E-state index in [0.29, 0.717) is 33.5 Å². The van der Waals surface area contributed by atoms with E-state index >= 15 is 0 Å². The molecule has 1 N–H and O–H groups in total. The molecule has 2 heterocycles. The number of amides is 1. The molecule has 2 aliphatic rings. The number of halogens is 1. The summed E-state index contributed by atoms with van der Waals surface area (Å²) in [5, 5.41) is 8.09. The average molecular weight is 527 g/mol. The summed E-state index contributed by atoms with van der Waals surface area (Å²) in [6.07, 6.45) is 6.85. The van der Waals surface area contributed by atoms with Gasteiger partial charge in [0.2, 0.25) is 0 Å². The number of carbonyl (C=O) groups excluding carboxylic acids is 1. The van der Waals surface area contributed by atoms with Crippen LogP contribution in [0.2, 0.25) is 5.02 Å². The van der Waals surface area contributed by atoms with E-state index < -0.39 is 0 Å². The zero-order valence-electron chi connectivity index (χ0n) is 20.8. The lowest BCUT2D eigenvalue weighted by atomic mass is 10.1. The van der Waals surface area contributed by atoms with Gasteiger partial charge in [-0.1, -0.05) is 23.7 Å². The highest BCUT2D eigenvalue weighted by Crippen LogP contribution is 2.32. The number of rotatable bonds is 6. The zero-order chi connectivity index (χ0) is 26.1. The lowest BCUT2D eigenvalue weighted by molar-refractivity contribution is 0.0793. The van der Waals surface area contributed by atoms with Crippen LogP contribution in [0.25, 0.3) is 5.69 Å². The van der Waals surface area contributed by atoms with Crippen LogP contribution in [0, 0.1) is 0 Å². The molecular weight excluding hydrogens is 500 g/mol. The molecule has 4 aromatic rings. The molecule has 38 heavy (non-hydrogen) atoms. The van der Waals surface area contributed by atoms with Gasteiger partial charge in [-0.05, 0) is 97.8 Å². The second-order valence-electron chi connectivity index (χ2n) is 9.67. The molecule has 192 valence electrons. The van der Waals surface area contributed by atoms with E-state index in [2.05, 4.69) is 16.5 Å². The number of aryl methyl sites for hydroxylation is 2. The van der Waals surface area contributed by atoms with Crippen LogP contribution >= 0.6 is 11.6 Å². The number of anilines is 2. The third kappa shape index (κ3) is 4.89. The monoisotopic (exact) mass is 526 g/mol. The summed E-state index contributed by atoms with van der Waals surface area (Å²) in [4.78, 5) is 28.3. The number of nitrogens with zero attached hydrogens (tertiary/aromatic N) is 3. The molecule has 1 aromatic heterocycles. The van der Waals surface area contributed by atoms with Gasteiger partial charge in [-0.15, -0.1) is 0 Å². The summed E-state index contributed by atoms with van der Waals surface area (Å²) in [6.45, 7) is 1.59. The maximum absolute atomic E-state index is 13.7. The summed E-state index contributed by atoms with van der Waals surface area (Å²) in [5.41, 5.74) is 4.29. The van der Waals surface area contributed by atoms with Crippen LogP contribution in [0.5, 0.6) is 11.5 Å². The Hall–Kier alpha value is -4.10. The predicted octanol–water partition coefficient (Wildman–Crippen LogP) is 6.15. The first-order chi connectivity index (χ1) is 18.5. The molecule has 0 radical (unpaired) electrons. The molecule has 1 fully saturated rings. The fourth-order valence-electron chi connectivity index (χ4n) is 5.10. The number of carbonyl (C=O) groups is 1. The van der Waals surface area contributed by atoms with Crippen molar-refractivity contribution in [2.45, 2.75) is 32.1 Å². The number of hydrogen-bond donors (Lipinski definition) is 1. The maximum atomic E-state index is 13.7. The molecule has 0 atom stereocenters. The second-order valence-corrected chi connectivity index (χ2v) is 10.1. The first-order valence-corrected chi connectivity index (χ1v) is 13.3. The van der Waals surface area contributed by atoms with Crippen molar-refractivity contribution in [3.05, 3.63) is 105 Å². The Labute approximate surface area is 225 Å². The van der Waals surface area contributed by atoms with Crippen LogP contribution in [0.15, 0.2) is 77.7 Å². The summed E-state index contributed by atoms with van der Waals surface area (Å²) in [6, 6.07) is 20.2. The standard InChI is InChI=1S/C30H27ClN4O3/c31-23-7-4-8-25(18-23)35-30(37)28(27(19-32-35)38-26-14-11-20-5-3-6-22(20)17-26)33-24-12-9-21(10-13-24)29(36)34-15-1-2-16-34/h4,7-14,17-19,33H,1-3,5-6,15-16H2. The van der Waals surface area contributed by atoms with Gasteiger partial charge in [0.05, 0.1) is 11.9 Å². The summed E-state index contributed by atoms with van der Waals surface area (Å²) in [5.74, 6) is 0.993. The number of ether oxygens (including phenoxy) is 1. The van der Waals surface area contributed by atoms with Crippen molar-refractivity contribution >= 4 is 28.9 Å². The van der Waals surface area contributed by atoms with E-state index in [1.54, 1.807) is 48.5 Å². The number of benzene rings is 3. The highest BCUT2D eigenvalue weighted by Gasteiger charge is 2.20. The van der Waals surface area contributed by atoms with Gasteiger partial charge in [0.25, 0.3) is 11.5 Å².